The van der Waals surface area contributed by atoms with Crippen molar-refractivity contribution >= 4 is 11.8 Å². The van der Waals surface area contributed by atoms with Gasteiger partial charge in [0.2, 0.25) is 11.8 Å². The fourth-order valence-electron chi connectivity index (χ4n) is 4.31. The van der Waals surface area contributed by atoms with Crippen molar-refractivity contribution in [3.8, 4) is 0 Å². The Balaban J connectivity index is 1.59. The van der Waals surface area contributed by atoms with Crippen LogP contribution in [0.25, 0.3) is 0 Å². The molecule has 4 heteroatoms. The maximum atomic E-state index is 13.1. The van der Waals surface area contributed by atoms with Crippen molar-refractivity contribution in [1.29, 1.82) is 0 Å². The molecule has 1 aromatic rings. The van der Waals surface area contributed by atoms with E-state index in [9.17, 15) is 9.59 Å². The molecule has 0 aromatic heterocycles. The van der Waals surface area contributed by atoms with Gasteiger partial charge in [-0.25, -0.2) is 0 Å². The van der Waals surface area contributed by atoms with Crippen molar-refractivity contribution in [2.45, 2.75) is 64.5 Å². The van der Waals surface area contributed by atoms with E-state index in [1.807, 2.05) is 23.1 Å². The molecule has 1 heterocycles. The summed E-state index contributed by atoms with van der Waals surface area (Å²) in [6.07, 6.45) is 5.89. The fourth-order valence-corrected chi connectivity index (χ4v) is 4.31. The molecular weight excluding hydrogens is 312 g/mol. The Morgan fingerprint density at radius 3 is 2.52 bits per heavy atom. The van der Waals surface area contributed by atoms with Gasteiger partial charge in [-0.3, -0.25) is 9.59 Å². The highest BCUT2D eigenvalue weighted by Crippen LogP contribution is 2.29. The van der Waals surface area contributed by atoms with Crippen molar-refractivity contribution in [3.05, 3.63) is 35.9 Å². The maximum Gasteiger partial charge on any atom is 0.228 e. The predicted octanol–water partition coefficient (Wildman–Crippen LogP) is 3.26. The summed E-state index contributed by atoms with van der Waals surface area (Å²) in [5.41, 5.74) is 1.24. The average molecular weight is 342 g/mol. The van der Waals surface area contributed by atoms with Gasteiger partial charge in [0.05, 0.1) is 5.92 Å². The van der Waals surface area contributed by atoms with Crippen LogP contribution < -0.4 is 0 Å². The van der Waals surface area contributed by atoms with E-state index >= 15 is 0 Å². The van der Waals surface area contributed by atoms with Gasteiger partial charge in [0.25, 0.3) is 0 Å². The molecular formula is C21H30N2O2. The van der Waals surface area contributed by atoms with Crippen molar-refractivity contribution in [1.82, 2.24) is 9.80 Å². The molecule has 3 rings (SSSR count). The number of likely N-dealkylation sites (tertiary alicyclic amines) is 1. The van der Waals surface area contributed by atoms with Crippen LogP contribution in [0.1, 0.15) is 51.5 Å². The van der Waals surface area contributed by atoms with Crippen LogP contribution in [-0.4, -0.2) is 46.8 Å². The average Bonchev–Trinajstić information content (AvgIpc) is 3.24. The topological polar surface area (TPSA) is 40.6 Å². The van der Waals surface area contributed by atoms with Crippen molar-refractivity contribution in [3.63, 3.8) is 0 Å². The number of amides is 2. The van der Waals surface area contributed by atoms with Crippen LogP contribution >= 0.6 is 0 Å². The molecule has 1 saturated heterocycles. The van der Waals surface area contributed by atoms with E-state index in [-0.39, 0.29) is 23.8 Å². The van der Waals surface area contributed by atoms with Gasteiger partial charge in [0.15, 0.2) is 0 Å². The first-order valence-corrected chi connectivity index (χ1v) is 9.70. The molecule has 1 saturated carbocycles. The number of nitrogens with zero attached hydrogens (tertiary/aromatic N) is 2. The first-order chi connectivity index (χ1) is 12.1. The summed E-state index contributed by atoms with van der Waals surface area (Å²) in [5.74, 6) is 0.160. The SMILES string of the molecule is CC(C)N(C(=O)[C@@H]1CC(=O)N(CCc2ccccc2)C1)C1CCCC1. The molecule has 1 aliphatic carbocycles. The lowest BCUT2D eigenvalue weighted by Crippen LogP contribution is -2.47. The molecule has 1 atom stereocenters. The Morgan fingerprint density at radius 1 is 1.20 bits per heavy atom. The summed E-state index contributed by atoms with van der Waals surface area (Å²) < 4.78 is 0. The van der Waals surface area contributed by atoms with Crippen LogP contribution in [0.4, 0.5) is 0 Å². The number of carbonyl (C=O) groups is 2. The highest BCUT2D eigenvalue weighted by Gasteiger charge is 2.39. The third kappa shape index (κ3) is 4.23. The largest absolute Gasteiger partial charge is 0.342 e. The van der Waals surface area contributed by atoms with E-state index in [4.69, 9.17) is 0 Å². The predicted molar refractivity (Wildman–Crippen MR) is 99.1 cm³/mol. The Kier molecular flexibility index (Phi) is 5.77. The van der Waals surface area contributed by atoms with Crippen LogP contribution in [0.5, 0.6) is 0 Å². The number of benzene rings is 1. The summed E-state index contributed by atoms with van der Waals surface area (Å²) in [4.78, 5) is 29.4. The molecule has 2 fully saturated rings. The van der Waals surface area contributed by atoms with Gasteiger partial charge in [-0.2, -0.15) is 0 Å². The first kappa shape index (κ1) is 18.0. The molecule has 2 amide bonds. The molecule has 25 heavy (non-hydrogen) atoms. The second-order valence-corrected chi connectivity index (χ2v) is 7.75. The maximum absolute atomic E-state index is 13.1. The summed E-state index contributed by atoms with van der Waals surface area (Å²) in [6.45, 7) is 5.48. The zero-order chi connectivity index (χ0) is 17.8. The minimum Gasteiger partial charge on any atom is -0.342 e. The van der Waals surface area contributed by atoms with Gasteiger partial charge in [-0.15, -0.1) is 0 Å². The summed E-state index contributed by atoms with van der Waals surface area (Å²) in [6, 6.07) is 10.8. The molecule has 136 valence electrons. The normalized spacial score (nSPS) is 21.3. The van der Waals surface area contributed by atoms with Crippen molar-refractivity contribution < 1.29 is 9.59 Å². The lowest BCUT2D eigenvalue weighted by molar-refractivity contribution is -0.140. The molecule has 0 N–H and O–H groups in total. The number of hydrogen-bond donors (Lipinski definition) is 0. The molecule has 0 unspecified atom stereocenters. The van der Waals surface area contributed by atoms with Crippen LogP contribution in [0, 0.1) is 5.92 Å². The van der Waals surface area contributed by atoms with Crippen LogP contribution in [0.3, 0.4) is 0 Å². The first-order valence-electron chi connectivity index (χ1n) is 9.70. The Hall–Kier alpha value is -1.84. The van der Waals surface area contributed by atoms with Gasteiger partial charge in [0, 0.05) is 31.6 Å². The lowest BCUT2D eigenvalue weighted by Gasteiger charge is -2.34. The summed E-state index contributed by atoms with van der Waals surface area (Å²) in [5, 5.41) is 0. The molecule has 4 nitrogen and oxygen atoms in total. The van der Waals surface area contributed by atoms with Crippen molar-refractivity contribution in [2.75, 3.05) is 13.1 Å². The lowest BCUT2D eigenvalue weighted by atomic mass is 10.0. The van der Waals surface area contributed by atoms with Crippen LogP contribution in [0.2, 0.25) is 0 Å². The highest BCUT2D eigenvalue weighted by atomic mass is 16.2. The van der Waals surface area contributed by atoms with E-state index in [0.717, 1.165) is 19.3 Å². The van der Waals surface area contributed by atoms with Crippen LogP contribution in [0.15, 0.2) is 30.3 Å². The quantitative estimate of drug-likeness (QED) is 0.796. The number of hydrogen-bond acceptors (Lipinski definition) is 2. The molecule has 0 bridgehead atoms. The standard InChI is InChI=1S/C21H30N2O2/c1-16(2)23(19-10-6-7-11-19)21(25)18-14-20(24)22(15-18)13-12-17-8-4-3-5-9-17/h3-5,8-9,16,18-19H,6-7,10-15H2,1-2H3/t18-/m1/s1. The van der Waals surface area contributed by atoms with E-state index < -0.39 is 0 Å². The van der Waals surface area contributed by atoms with Crippen LogP contribution in [-0.2, 0) is 16.0 Å². The van der Waals surface area contributed by atoms with Gasteiger partial charge in [-0.05, 0) is 38.7 Å². The Morgan fingerprint density at radius 2 is 1.88 bits per heavy atom. The minimum atomic E-state index is -0.161. The third-order valence-corrected chi connectivity index (χ3v) is 5.61. The number of rotatable bonds is 6. The molecule has 0 radical (unpaired) electrons. The minimum absolute atomic E-state index is 0.129. The monoisotopic (exact) mass is 342 g/mol. The smallest absolute Gasteiger partial charge is 0.228 e. The van der Waals surface area contributed by atoms with Gasteiger partial charge < -0.3 is 9.80 Å². The second kappa shape index (κ2) is 8.03. The van der Waals surface area contributed by atoms with E-state index in [2.05, 4.69) is 30.9 Å². The Bertz CT molecular complexity index is 593. The van der Waals surface area contributed by atoms with Gasteiger partial charge in [-0.1, -0.05) is 43.2 Å². The molecule has 2 aliphatic rings. The zero-order valence-corrected chi connectivity index (χ0v) is 15.5. The Labute approximate surface area is 151 Å². The third-order valence-electron chi connectivity index (χ3n) is 5.61. The van der Waals surface area contributed by atoms with E-state index in [1.165, 1.54) is 18.4 Å². The summed E-state index contributed by atoms with van der Waals surface area (Å²) in [7, 11) is 0. The van der Waals surface area contributed by atoms with E-state index in [0.29, 0.717) is 25.6 Å². The zero-order valence-electron chi connectivity index (χ0n) is 15.5. The fraction of sp³-hybridized carbons (Fsp3) is 0.619. The molecule has 1 aliphatic heterocycles. The van der Waals surface area contributed by atoms with Crippen molar-refractivity contribution in [2.24, 2.45) is 5.92 Å². The molecule has 0 spiro atoms. The highest BCUT2D eigenvalue weighted by molar-refractivity contribution is 5.89. The van der Waals surface area contributed by atoms with E-state index in [1.54, 1.807) is 0 Å². The van der Waals surface area contributed by atoms with Gasteiger partial charge in [0.1, 0.15) is 0 Å². The number of carbonyl (C=O) groups excluding carboxylic acids is 2. The molecule has 1 aromatic carbocycles. The van der Waals surface area contributed by atoms with Gasteiger partial charge >= 0.3 is 0 Å². The summed E-state index contributed by atoms with van der Waals surface area (Å²) >= 11 is 0. The second-order valence-electron chi connectivity index (χ2n) is 7.75.